The van der Waals surface area contributed by atoms with Crippen molar-refractivity contribution >= 4 is 11.9 Å². The number of rotatable bonds is 5. The number of nitrogens with zero attached hydrogens (tertiary/aromatic N) is 2. The molecule has 1 amide bonds. The molecule has 2 heterocycles. The minimum atomic E-state index is -1.04. The van der Waals surface area contributed by atoms with Crippen LogP contribution in [-0.4, -0.2) is 40.2 Å². The summed E-state index contributed by atoms with van der Waals surface area (Å²) < 4.78 is 19.5. The zero-order chi connectivity index (χ0) is 19.7. The smallest absolute Gasteiger partial charge is 0.223 e. The van der Waals surface area contributed by atoms with Gasteiger partial charge >= 0.3 is 0 Å². The third-order valence-electron chi connectivity index (χ3n) is 5.51. The lowest BCUT2D eigenvalue weighted by atomic mass is 9.85. The van der Waals surface area contributed by atoms with Gasteiger partial charge in [0.05, 0.1) is 19.4 Å². The molecule has 2 fully saturated rings. The monoisotopic (exact) mass is 386 g/mol. The molecule has 1 saturated carbocycles. The number of halogens is 1. The summed E-state index contributed by atoms with van der Waals surface area (Å²) in [5.41, 5.74) is 5.78. The SMILES string of the molecule is NC(=O)C1CCCC(Nc2ncc(F)c(-c3cccc(C4(O)COC4)c3)n2)C1. The fourth-order valence-corrected chi connectivity index (χ4v) is 3.82. The number of carbonyl (C=O) groups is 1. The molecule has 1 saturated heterocycles. The van der Waals surface area contributed by atoms with E-state index in [1.54, 1.807) is 24.3 Å². The molecule has 2 atom stereocenters. The fourth-order valence-electron chi connectivity index (χ4n) is 3.82. The summed E-state index contributed by atoms with van der Waals surface area (Å²) in [6, 6.07) is 7.03. The van der Waals surface area contributed by atoms with E-state index in [1.807, 2.05) is 0 Å². The van der Waals surface area contributed by atoms with Crippen molar-refractivity contribution in [3.8, 4) is 11.3 Å². The lowest BCUT2D eigenvalue weighted by Crippen LogP contribution is -2.46. The van der Waals surface area contributed by atoms with Crippen LogP contribution in [0.5, 0.6) is 0 Å². The summed E-state index contributed by atoms with van der Waals surface area (Å²) in [7, 11) is 0. The zero-order valence-corrected chi connectivity index (χ0v) is 15.4. The van der Waals surface area contributed by atoms with E-state index >= 15 is 0 Å². The predicted molar refractivity (Wildman–Crippen MR) is 101 cm³/mol. The number of aliphatic hydroxyl groups is 1. The lowest BCUT2D eigenvalue weighted by molar-refractivity contribution is -0.184. The van der Waals surface area contributed by atoms with Gasteiger partial charge in [0.25, 0.3) is 0 Å². The van der Waals surface area contributed by atoms with Crippen molar-refractivity contribution < 1.29 is 19.0 Å². The Morgan fingerprint density at radius 1 is 1.36 bits per heavy atom. The van der Waals surface area contributed by atoms with Crippen LogP contribution in [-0.2, 0) is 15.1 Å². The second kappa shape index (κ2) is 7.44. The van der Waals surface area contributed by atoms with Crippen molar-refractivity contribution in [2.24, 2.45) is 11.7 Å². The van der Waals surface area contributed by atoms with Crippen LogP contribution in [0.25, 0.3) is 11.3 Å². The zero-order valence-electron chi connectivity index (χ0n) is 15.4. The Balaban J connectivity index is 1.56. The normalized spacial score (nSPS) is 23.6. The van der Waals surface area contributed by atoms with Gasteiger partial charge in [0.1, 0.15) is 11.3 Å². The molecule has 148 valence electrons. The van der Waals surface area contributed by atoms with Crippen LogP contribution in [0.3, 0.4) is 0 Å². The van der Waals surface area contributed by atoms with Crippen molar-refractivity contribution in [2.75, 3.05) is 18.5 Å². The number of amides is 1. The second-order valence-corrected chi connectivity index (χ2v) is 7.60. The molecule has 2 aromatic rings. The average Bonchev–Trinajstić information content (AvgIpc) is 2.68. The number of nitrogens with one attached hydrogen (secondary N) is 1. The standard InChI is InChI=1S/C20H23FN4O3/c21-16-9-23-19(24-15-6-2-4-13(8-15)18(22)26)25-17(16)12-3-1-5-14(7-12)20(27)10-28-11-20/h1,3,5,7,9,13,15,27H,2,4,6,8,10-11H2,(H2,22,26)(H,23,24,25). The van der Waals surface area contributed by atoms with Gasteiger partial charge in [-0.15, -0.1) is 0 Å². The highest BCUT2D eigenvalue weighted by Gasteiger charge is 2.38. The van der Waals surface area contributed by atoms with Crippen LogP contribution in [0, 0.1) is 11.7 Å². The van der Waals surface area contributed by atoms with Gasteiger partial charge in [-0.05, 0) is 30.9 Å². The van der Waals surface area contributed by atoms with Crippen molar-refractivity contribution in [3.05, 3.63) is 41.8 Å². The van der Waals surface area contributed by atoms with E-state index in [-0.39, 0.29) is 36.8 Å². The van der Waals surface area contributed by atoms with E-state index in [9.17, 15) is 14.3 Å². The Bertz CT molecular complexity index is 888. The number of aromatic nitrogens is 2. The van der Waals surface area contributed by atoms with Gasteiger partial charge in [-0.2, -0.15) is 0 Å². The van der Waals surface area contributed by atoms with E-state index in [4.69, 9.17) is 10.5 Å². The first-order chi connectivity index (χ1) is 13.4. The van der Waals surface area contributed by atoms with Gasteiger partial charge in [-0.3, -0.25) is 4.79 Å². The summed E-state index contributed by atoms with van der Waals surface area (Å²) in [4.78, 5) is 19.9. The van der Waals surface area contributed by atoms with Crippen LogP contribution in [0.1, 0.15) is 31.2 Å². The Kier molecular flexibility index (Phi) is 4.99. The van der Waals surface area contributed by atoms with Crippen LogP contribution < -0.4 is 11.1 Å². The number of primary amides is 1. The summed E-state index contributed by atoms with van der Waals surface area (Å²) in [6.07, 6.45) is 4.31. The first-order valence-corrected chi connectivity index (χ1v) is 9.44. The highest BCUT2D eigenvalue weighted by Crippen LogP contribution is 2.32. The molecule has 1 aromatic heterocycles. The Hall–Kier alpha value is -2.58. The average molecular weight is 386 g/mol. The molecule has 0 bridgehead atoms. The maximum absolute atomic E-state index is 14.4. The first kappa shape index (κ1) is 18.8. The van der Waals surface area contributed by atoms with Gasteiger partial charge < -0.3 is 20.9 Å². The lowest BCUT2D eigenvalue weighted by Gasteiger charge is -2.36. The van der Waals surface area contributed by atoms with Crippen LogP contribution >= 0.6 is 0 Å². The first-order valence-electron chi connectivity index (χ1n) is 9.44. The van der Waals surface area contributed by atoms with E-state index in [0.29, 0.717) is 23.5 Å². The van der Waals surface area contributed by atoms with Gasteiger partial charge in [0, 0.05) is 17.5 Å². The largest absolute Gasteiger partial charge is 0.380 e. The minimum absolute atomic E-state index is 0.0173. The highest BCUT2D eigenvalue weighted by atomic mass is 19.1. The predicted octanol–water partition coefficient (Wildman–Crippen LogP) is 1.96. The molecular weight excluding hydrogens is 363 g/mol. The second-order valence-electron chi connectivity index (χ2n) is 7.60. The van der Waals surface area contributed by atoms with Gasteiger partial charge in [-0.25, -0.2) is 14.4 Å². The number of carbonyl (C=O) groups excluding carboxylic acids is 1. The van der Waals surface area contributed by atoms with E-state index in [1.165, 1.54) is 0 Å². The molecule has 4 N–H and O–H groups in total. The maximum Gasteiger partial charge on any atom is 0.223 e. The van der Waals surface area contributed by atoms with Crippen LogP contribution in [0.4, 0.5) is 10.3 Å². The molecule has 0 radical (unpaired) electrons. The van der Waals surface area contributed by atoms with Gasteiger partial charge in [0.2, 0.25) is 11.9 Å². The summed E-state index contributed by atoms with van der Waals surface area (Å²) in [5, 5.41) is 13.7. The van der Waals surface area contributed by atoms with Crippen LogP contribution in [0.15, 0.2) is 30.5 Å². The molecule has 8 heteroatoms. The molecule has 2 unspecified atom stereocenters. The molecule has 1 aromatic carbocycles. The quantitative estimate of drug-likeness (QED) is 0.725. The number of hydrogen-bond acceptors (Lipinski definition) is 6. The topological polar surface area (TPSA) is 110 Å². The molecule has 7 nitrogen and oxygen atoms in total. The van der Waals surface area contributed by atoms with E-state index in [2.05, 4.69) is 15.3 Å². The van der Waals surface area contributed by atoms with Crippen LogP contribution in [0.2, 0.25) is 0 Å². The molecule has 2 aliphatic rings. The maximum atomic E-state index is 14.4. The molecule has 1 aliphatic heterocycles. The highest BCUT2D eigenvalue weighted by molar-refractivity contribution is 5.76. The number of ether oxygens (including phenoxy) is 1. The van der Waals surface area contributed by atoms with Crippen molar-refractivity contribution in [1.29, 1.82) is 0 Å². The Labute approximate surface area is 162 Å². The number of anilines is 1. The summed E-state index contributed by atoms with van der Waals surface area (Å²) in [6.45, 7) is 0.441. The van der Waals surface area contributed by atoms with Crippen molar-refractivity contribution in [3.63, 3.8) is 0 Å². The van der Waals surface area contributed by atoms with Gasteiger partial charge in [0.15, 0.2) is 5.82 Å². The molecule has 28 heavy (non-hydrogen) atoms. The third-order valence-corrected chi connectivity index (χ3v) is 5.51. The number of hydrogen-bond donors (Lipinski definition) is 3. The molecular formula is C20H23FN4O3. The third kappa shape index (κ3) is 3.70. The molecule has 0 spiro atoms. The number of nitrogens with two attached hydrogens (primary N) is 1. The number of benzene rings is 1. The Morgan fingerprint density at radius 2 is 2.18 bits per heavy atom. The Morgan fingerprint density at radius 3 is 2.89 bits per heavy atom. The van der Waals surface area contributed by atoms with Crippen molar-refractivity contribution in [1.82, 2.24) is 9.97 Å². The summed E-state index contributed by atoms with van der Waals surface area (Å²) >= 11 is 0. The molecule has 4 rings (SSSR count). The van der Waals surface area contributed by atoms with Crippen molar-refractivity contribution in [2.45, 2.75) is 37.3 Å². The van der Waals surface area contributed by atoms with E-state index in [0.717, 1.165) is 25.5 Å². The van der Waals surface area contributed by atoms with Gasteiger partial charge in [-0.1, -0.05) is 24.6 Å². The van der Waals surface area contributed by atoms with E-state index < -0.39 is 11.4 Å². The summed E-state index contributed by atoms with van der Waals surface area (Å²) in [5.74, 6) is -0.684. The minimum Gasteiger partial charge on any atom is -0.380 e. The molecule has 1 aliphatic carbocycles. The fraction of sp³-hybridized carbons (Fsp3) is 0.450.